The van der Waals surface area contributed by atoms with Crippen molar-refractivity contribution in [3.63, 3.8) is 0 Å². The number of piperidine rings is 1. The van der Waals surface area contributed by atoms with Crippen LogP contribution in [0.4, 0.5) is 11.4 Å². The van der Waals surface area contributed by atoms with Gasteiger partial charge in [0.1, 0.15) is 0 Å². The van der Waals surface area contributed by atoms with Gasteiger partial charge >= 0.3 is 0 Å². The fourth-order valence-corrected chi connectivity index (χ4v) is 4.63. The van der Waals surface area contributed by atoms with Crippen molar-refractivity contribution >= 4 is 17.3 Å². The summed E-state index contributed by atoms with van der Waals surface area (Å²) in [5, 5.41) is 8.91. The van der Waals surface area contributed by atoms with Crippen molar-refractivity contribution < 1.29 is 10.0 Å². The Morgan fingerprint density at radius 1 is 1.00 bits per heavy atom. The molecule has 1 saturated heterocycles. The van der Waals surface area contributed by atoms with Gasteiger partial charge in [-0.15, -0.1) is 0 Å². The third-order valence-electron chi connectivity index (χ3n) is 6.07. The normalized spacial score (nSPS) is 19.5. The molecule has 5 nitrogen and oxygen atoms in total. The van der Waals surface area contributed by atoms with Crippen molar-refractivity contribution in [2.75, 3.05) is 31.1 Å². The molecule has 0 aliphatic carbocycles. The number of nitrogens with zero attached hydrogens (tertiary/aromatic N) is 2. The highest BCUT2D eigenvalue weighted by atomic mass is 16.5. The number of likely N-dealkylation sites (tertiary alicyclic amines) is 1. The van der Waals surface area contributed by atoms with Crippen LogP contribution in [0.15, 0.2) is 48.5 Å². The number of nitrogens with one attached hydrogen (secondary N) is 1. The Labute approximate surface area is 166 Å². The third-order valence-corrected chi connectivity index (χ3v) is 6.07. The number of hydrogen-bond acceptors (Lipinski definition) is 4. The zero-order valence-corrected chi connectivity index (χ0v) is 16.3. The van der Waals surface area contributed by atoms with Crippen molar-refractivity contribution in [3.05, 3.63) is 59.7 Å². The molecule has 0 bridgehead atoms. The minimum atomic E-state index is -0.250. The molecule has 1 unspecified atom stereocenters. The second-order valence-electron chi connectivity index (χ2n) is 7.88. The standard InChI is InChI=1S/C23H29N3O2/c27-23(24-28)20-9-5-14-25(17-20)15-6-16-26-21-10-3-1-7-18(21)12-13-19-8-2-4-11-22(19)26/h1-4,7-8,10-11,20,28H,5-6,9,12-17H2,(H,24,27). The van der Waals surface area contributed by atoms with Crippen LogP contribution < -0.4 is 10.4 Å². The zero-order chi connectivity index (χ0) is 19.3. The van der Waals surface area contributed by atoms with E-state index < -0.39 is 0 Å². The van der Waals surface area contributed by atoms with Crippen LogP contribution in [0.5, 0.6) is 0 Å². The summed E-state index contributed by atoms with van der Waals surface area (Å²) in [5.74, 6) is -0.349. The first-order valence-electron chi connectivity index (χ1n) is 10.4. The van der Waals surface area contributed by atoms with Crippen LogP contribution in [0, 0.1) is 5.92 Å². The first-order valence-corrected chi connectivity index (χ1v) is 10.4. The lowest BCUT2D eigenvalue weighted by molar-refractivity contribution is -0.135. The van der Waals surface area contributed by atoms with Crippen LogP contribution >= 0.6 is 0 Å². The number of hydrogen-bond donors (Lipinski definition) is 2. The Morgan fingerprint density at radius 2 is 1.64 bits per heavy atom. The average molecular weight is 380 g/mol. The molecule has 1 fully saturated rings. The number of aryl methyl sites for hydroxylation is 2. The highest BCUT2D eigenvalue weighted by molar-refractivity contribution is 5.77. The molecular weight excluding hydrogens is 350 g/mol. The van der Waals surface area contributed by atoms with Gasteiger partial charge in [0, 0.05) is 24.5 Å². The molecule has 0 aromatic heterocycles. The fraction of sp³-hybridized carbons (Fsp3) is 0.435. The number of hydroxylamine groups is 1. The Hall–Kier alpha value is -2.37. The Bertz CT molecular complexity index is 775. The van der Waals surface area contributed by atoms with Crippen LogP contribution in [0.3, 0.4) is 0 Å². The van der Waals surface area contributed by atoms with E-state index in [9.17, 15) is 4.79 Å². The molecule has 2 aliphatic heterocycles. The van der Waals surface area contributed by atoms with E-state index in [1.54, 1.807) is 0 Å². The SMILES string of the molecule is O=C(NO)C1CCCN(CCCN2c3ccccc3CCc3ccccc32)C1. The summed E-state index contributed by atoms with van der Waals surface area (Å²) in [6.45, 7) is 3.69. The van der Waals surface area contributed by atoms with Crippen molar-refractivity contribution in [3.8, 4) is 0 Å². The predicted octanol–water partition coefficient (Wildman–Crippen LogP) is 3.53. The first kappa shape index (κ1) is 19.0. The molecule has 4 rings (SSSR count). The summed E-state index contributed by atoms with van der Waals surface area (Å²) in [7, 11) is 0. The van der Waals surface area contributed by atoms with Crippen LogP contribution in [0.2, 0.25) is 0 Å². The Balaban J connectivity index is 1.45. The van der Waals surface area contributed by atoms with Crippen LogP contribution in [-0.2, 0) is 17.6 Å². The molecule has 0 radical (unpaired) electrons. The molecule has 2 heterocycles. The lowest BCUT2D eigenvalue weighted by Gasteiger charge is -2.33. The molecule has 28 heavy (non-hydrogen) atoms. The number of fused-ring (bicyclic) bond motifs is 2. The van der Waals surface area contributed by atoms with Crippen LogP contribution in [0.25, 0.3) is 0 Å². The molecule has 0 spiro atoms. The molecule has 148 valence electrons. The number of anilines is 2. The number of carbonyl (C=O) groups excluding carboxylic acids is 1. The molecule has 2 aromatic rings. The minimum absolute atomic E-state index is 0.0987. The van der Waals surface area contributed by atoms with E-state index in [-0.39, 0.29) is 11.8 Å². The summed E-state index contributed by atoms with van der Waals surface area (Å²) in [4.78, 5) is 16.6. The Kier molecular flexibility index (Phi) is 5.93. The van der Waals surface area contributed by atoms with Gasteiger partial charge in [-0.3, -0.25) is 10.0 Å². The number of benzene rings is 2. The number of rotatable bonds is 5. The van der Waals surface area contributed by atoms with E-state index >= 15 is 0 Å². The van der Waals surface area contributed by atoms with Gasteiger partial charge in [-0.2, -0.15) is 0 Å². The molecule has 2 aliphatic rings. The van der Waals surface area contributed by atoms with Crippen molar-refractivity contribution in [2.45, 2.75) is 32.1 Å². The first-order chi connectivity index (χ1) is 13.8. The molecule has 2 aromatic carbocycles. The molecule has 1 atom stereocenters. The maximum absolute atomic E-state index is 11.8. The highest BCUT2D eigenvalue weighted by Gasteiger charge is 2.26. The minimum Gasteiger partial charge on any atom is -0.341 e. The zero-order valence-electron chi connectivity index (χ0n) is 16.3. The van der Waals surface area contributed by atoms with E-state index in [1.807, 2.05) is 5.48 Å². The van der Waals surface area contributed by atoms with Gasteiger partial charge in [-0.25, -0.2) is 5.48 Å². The van der Waals surface area contributed by atoms with Crippen molar-refractivity contribution in [2.24, 2.45) is 5.92 Å². The second-order valence-corrected chi connectivity index (χ2v) is 7.88. The number of para-hydroxylation sites is 2. The molecule has 2 N–H and O–H groups in total. The summed E-state index contributed by atoms with van der Waals surface area (Å²) >= 11 is 0. The molecule has 0 saturated carbocycles. The predicted molar refractivity (Wildman–Crippen MR) is 111 cm³/mol. The van der Waals surface area contributed by atoms with Gasteiger partial charge in [-0.05, 0) is 68.5 Å². The number of amides is 1. The maximum atomic E-state index is 11.8. The fourth-order valence-electron chi connectivity index (χ4n) is 4.63. The van der Waals surface area contributed by atoms with Gasteiger partial charge in [0.05, 0.1) is 5.92 Å². The molecule has 5 heteroatoms. The van der Waals surface area contributed by atoms with Gasteiger partial charge in [0.25, 0.3) is 0 Å². The maximum Gasteiger partial charge on any atom is 0.247 e. The lowest BCUT2D eigenvalue weighted by atomic mass is 9.97. The molecule has 1 amide bonds. The Morgan fingerprint density at radius 3 is 2.29 bits per heavy atom. The largest absolute Gasteiger partial charge is 0.341 e. The summed E-state index contributed by atoms with van der Waals surface area (Å²) in [6, 6.07) is 17.5. The van der Waals surface area contributed by atoms with E-state index in [4.69, 9.17) is 5.21 Å². The number of carbonyl (C=O) groups is 1. The van der Waals surface area contributed by atoms with Crippen molar-refractivity contribution in [1.82, 2.24) is 10.4 Å². The molecular formula is C23H29N3O2. The van der Waals surface area contributed by atoms with Gasteiger partial charge < -0.3 is 9.80 Å². The van der Waals surface area contributed by atoms with E-state index in [0.717, 1.165) is 58.3 Å². The van der Waals surface area contributed by atoms with Gasteiger partial charge in [0.15, 0.2) is 0 Å². The second kappa shape index (κ2) is 8.76. The monoisotopic (exact) mass is 379 g/mol. The van der Waals surface area contributed by atoms with Gasteiger partial charge in [0.2, 0.25) is 5.91 Å². The third kappa shape index (κ3) is 4.05. The lowest BCUT2D eigenvalue weighted by Crippen LogP contribution is -2.43. The average Bonchev–Trinajstić information content (AvgIpc) is 2.91. The topological polar surface area (TPSA) is 55.8 Å². The quantitative estimate of drug-likeness (QED) is 0.616. The smallest absolute Gasteiger partial charge is 0.247 e. The summed E-state index contributed by atoms with van der Waals surface area (Å²) in [6.07, 6.45) is 5.06. The summed E-state index contributed by atoms with van der Waals surface area (Å²) < 4.78 is 0. The van der Waals surface area contributed by atoms with Crippen molar-refractivity contribution in [1.29, 1.82) is 0 Å². The van der Waals surface area contributed by atoms with Crippen LogP contribution in [-0.4, -0.2) is 42.2 Å². The van der Waals surface area contributed by atoms with E-state index in [2.05, 4.69) is 58.3 Å². The van der Waals surface area contributed by atoms with E-state index in [0.29, 0.717) is 0 Å². The van der Waals surface area contributed by atoms with Gasteiger partial charge in [-0.1, -0.05) is 36.4 Å². The highest BCUT2D eigenvalue weighted by Crippen LogP contribution is 2.35. The summed E-state index contributed by atoms with van der Waals surface area (Å²) in [5.41, 5.74) is 7.29. The van der Waals surface area contributed by atoms with E-state index in [1.165, 1.54) is 22.5 Å². The van der Waals surface area contributed by atoms with Crippen LogP contribution in [0.1, 0.15) is 30.4 Å².